The smallest absolute Gasteiger partial charge is 0.407 e. The van der Waals surface area contributed by atoms with Crippen LogP contribution in [0.3, 0.4) is 0 Å². The Hall–Kier alpha value is -1.59. The highest BCUT2D eigenvalue weighted by atomic mass is 16.6. The van der Waals surface area contributed by atoms with Gasteiger partial charge in [0.05, 0.1) is 5.60 Å². The molecule has 204 valence electrons. The monoisotopic (exact) mass is 501 g/mol. The molecule has 0 radical (unpaired) electrons. The van der Waals surface area contributed by atoms with Crippen LogP contribution in [0, 0.1) is 23.2 Å². The van der Waals surface area contributed by atoms with Gasteiger partial charge in [0.1, 0.15) is 6.10 Å². The van der Waals surface area contributed by atoms with Crippen molar-refractivity contribution in [2.45, 2.75) is 116 Å². The fraction of sp³-hybridized carbons (Fsp3) is 0.774. The third kappa shape index (κ3) is 7.71. The number of alkyl carbamates (subject to hydrolysis) is 1. The lowest BCUT2D eigenvalue weighted by Gasteiger charge is -2.44. The minimum atomic E-state index is -0.563. The second kappa shape index (κ2) is 12.8. The molecule has 3 saturated carbocycles. The summed E-state index contributed by atoms with van der Waals surface area (Å²) < 4.78 is 5.64. The van der Waals surface area contributed by atoms with Crippen LogP contribution in [0.5, 0.6) is 0 Å². The molecule has 0 bridgehead atoms. The Morgan fingerprint density at radius 2 is 2.03 bits per heavy atom. The molecule has 3 rings (SSSR count). The van der Waals surface area contributed by atoms with E-state index in [1.54, 1.807) is 5.57 Å². The molecule has 5 atom stereocenters. The molecule has 36 heavy (non-hydrogen) atoms. The number of carbonyl (C=O) groups excluding carboxylic acids is 1. The second-order valence-corrected chi connectivity index (χ2v) is 12.6. The van der Waals surface area contributed by atoms with E-state index in [9.17, 15) is 9.90 Å². The van der Waals surface area contributed by atoms with Crippen molar-refractivity contribution in [3.8, 4) is 0 Å². The summed E-state index contributed by atoms with van der Waals surface area (Å²) in [6.45, 7) is 13.6. The minimum Gasteiger partial charge on any atom is -0.446 e. The van der Waals surface area contributed by atoms with Crippen molar-refractivity contribution < 1.29 is 19.7 Å². The third-order valence-electron chi connectivity index (χ3n) is 9.22. The lowest BCUT2D eigenvalue weighted by Crippen LogP contribution is -2.36. The number of rotatable bonds is 10. The Morgan fingerprint density at radius 1 is 1.25 bits per heavy atom. The van der Waals surface area contributed by atoms with E-state index in [-0.39, 0.29) is 12.7 Å². The normalized spacial score (nSPS) is 31.9. The van der Waals surface area contributed by atoms with Gasteiger partial charge in [-0.1, -0.05) is 56.6 Å². The molecule has 1 amide bonds. The summed E-state index contributed by atoms with van der Waals surface area (Å²) in [6, 6.07) is 0. The molecule has 0 aliphatic heterocycles. The number of fused-ring (bicyclic) bond motifs is 1. The predicted molar refractivity (Wildman–Crippen MR) is 147 cm³/mol. The van der Waals surface area contributed by atoms with E-state index in [2.05, 4.69) is 37.9 Å². The average Bonchev–Trinajstić information content (AvgIpc) is 3.16. The zero-order valence-electron chi connectivity index (χ0n) is 23.3. The van der Waals surface area contributed by atoms with Crippen molar-refractivity contribution in [2.24, 2.45) is 23.2 Å². The summed E-state index contributed by atoms with van der Waals surface area (Å²) in [5.41, 5.74) is 3.78. The van der Waals surface area contributed by atoms with Crippen molar-refractivity contribution >= 4 is 6.09 Å². The summed E-state index contributed by atoms with van der Waals surface area (Å²) in [7, 11) is 0. The molecule has 3 aliphatic carbocycles. The van der Waals surface area contributed by atoms with E-state index >= 15 is 0 Å². The number of aliphatic hydroxyl groups is 2. The maximum Gasteiger partial charge on any atom is 0.407 e. The summed E-state index contributed by atoms with van der Waals surface area (Å²) in [4.78, 5) is 12.1. The van der Waals surface area contributed by atoms with Gasteiger partial charge in [0, 0.05) is 19.6 Å². The van der Waals surface area contributed by atoms with E-state index in [4.69, 9.17) is 9.84 Å². The molecule has 3 N–H and O–H groups in total. The molecule has 0 aromatic rings. The summed E-state index contributed by atoms with van der Waals surface area (Å²) in [5.74, 6) is 2.11. The SMILES string of the molecule is C=C1CCC(OC(=O)NCCCO)CC1=CC=C1CCCC2(C)C1CCC2C(C)CCCC(C)(C)O. The minimum absolute atomic E-state index is 0.0623. The molecular weight excluding hydrogens is 450 g/mol. The molecule has 5 unspecified atom stereocenters. The van der Waals surface area contributed by atoms with Gasteiger partial charge < -0.3 is 20.3 Å². The van der Waals surface area contributed by atoms with Crippen molar-refractivity contribution in [1.29, 1.82) is 0 Å². The topological polar surface area (TPSA) is 78.8 Å². The van der Waals surface area contributed by atoms with Crippen molar-refractivity contribution in [3.63, 3.8) is 0 Å². The Labute approximate surface area is 219 Å². The molecule has 3 fully saturated rings. The number of carbonyl (C=O) groups is 1. The molecular formula is C31H51NO4. The van der Waals surface area contributed by atoms with Crippen LogP contribution >= 0.6 is 0 Å². The Kier molecular flexibility index (Phi) is 10.3. The van der Waals surface area contributed by atoms with Crippen molar-refractivity contribution in [1.82, 2.24) is 5.32 Å². The lowest BCUT2D eigenvalue weighted by molar-refractivity contribution is 0.0596. The Morgan fingerprint density at radius 3 is 2.75 bits per heavy atom. The van der Waals surface area contributed by atoms with Crippen molar-refractivity contribution in [3.05, 3.63) is 35.5 Å². The molecule has 0 aromatic carbocycles. The van der Waals surface area contributed by atoms with Crippen LogP contribution in [0.15, 0.2) is 35.5 Å². The van der Waals surface area contributed by atoms with Crippen LogP contribution in [0.2, 0.25) is 0 Å². The van der Waals surface area contributed by atoms with Gasteiger partial charge in [-0.3, -0.25) is 0 Å². The zero-order valence-corrected chi connectivity index (χ0v) is 23.3. The fourth-order valence-electron chi connectivity index (χ4n) is 7.22. The molecule has 0 aromatic heterocycles. The van der Waals surface area contributed by atoms with Crippen LogP contribution in [-0.2, 0) is 4.74 Å². The van der Waals surface area contributed by atoms with Gasteiger partial charge in [0.25, 0.3) is 0 Å². The highest BCUT2D eigenvalue weighted by Gasteiger charge is 2.50. The number of hydrogen-bond donors (Lipinski definition) is 3. The molecule has 0 spiro atoms. The first kappa shape index (κ1) is 29.0. The van der Waals surface area contributed by atoms with Gasteiger partial charge in [-0.15, -0.1) is 0 Å². The maximum absolute atomic E-state index is 12.1. The van der Waals surface area contributed by atoms with E-state index in [1.165, 1.54) is 44.1 Å². The maximum atomic E-state index is 12.1. The quantitative estimate of drug-likeness (QED) is 0.286. The van der Waals surface area contributed by atoms with Gasteiger partial charge in [0.15, 0.2) is 0 Å². The third-order valence-corrected chi connectivity index (χ3v) is 9.22. The van der Waals surface area contributed by atoms with Gasteiger partial charge in [0.2, 0.25) is 0 Å². The zero-order chi connectivity index (χ0) is 26.3. The summed E-state index contributed by atoms with van der Waals surface area (Å²) in [6.07, 6.45) is 16.6. The molecule has 3 aliphatic rings. The van der Waals surface area contributed by atoms with Gasteiger partial charge in [-0.05, 0) is 100 Å². The van der Waals surface area contributed by atoms with Gasteiger partial charge >= 0.3 is 6.09 Å². The largest absolute Gasteiger partial charge is 0.446 e. The van der Waals surface area contributed by atoms with E-state index < -0.39 is 11.7 Å². The van der Waals surface area contributed by atoms with Crippen LogP contribution in [0.4, 0.5) is 4.79 Å². The molecule has 0 saturated heterocycles. The van der Waals surface area contributed by atoms with E-state index in [1.807, 2.05) is 13.8 Å². The number of ether oxygens (including phenoxy) is 1. The highest BCUT2D eigenvalue weighted by Crippen LogP contribution is 2.60. The first-order valence-electron chi connectivity index (χ1n) is 14.4. The molecule has 0 heterocycles. The number of hydrogen-bond acceptors (Lipinski definition) is 4. The molecule has 5 heteroatoms. The van der Waals surface area contributed by atoms with Crippen LogP contribution in [0.25, 0.3) is 0 Å². The predicted octanol–water partition coefficient (Wildman–Crippen LogP) is 6.85. The van der Waals surface area contributed by atoms with Gasteiger partial charge in [-0.25, -0.2) is 4.79 Å². The van der Waals surface area contributed by atoms with Gasteiger partial charge in [-0.2, -0.15) is 0 Å². The Bertz CT molecular complexity index is 823. The summed E-state index contributed by atoms with van der Waals surface area (Å²) >= 11 is 0. The van der Waals surface area contributed by atoms with E-state index in [0.29, 0.717) is 30.2 Å². The average molecular weight is 502 g/mol. The Balaban J connectivity index is 1.62. The van der Waals surface area contributed by atoms with Crippen LogP contribution in [-0.4, -0.2) is 41.2 Å². The fourth-order valence-corrected chi connectivity index (χ4v) is 7.22. The lowest BCUT2D eigenvalue weighted by atomic mass is 9.60. The second-order valence-electron chi connectivity index (χ2n) is 12.6. The standard InChI is InChI=1S/C31H51NO4/c1-22-11-14-26(36-29(34)32-19-8-20-33)21-25(22)13-12-24-10-7-18-31(5)27(15-16-28(24)31)23(2)9-6-17-30(3,4)35/h12-13,23,26-28,33,35H,1,6-11,14-21H2,2-5H3,(H,32,34). The number of allylic oxidation sites excluding steroid dienone is 4. The van der Waals surface area contributed by atoms with Crippen LogP contribution < -0.4 is 5.32 Å². The number of aliphatic hydroxyl groups excluding tert-OH is 1. The van der Waals surface area contributed by atoms with E-state index in [0.717, 1.165) is 43.6 Å². The first-order chi connectivity index (χ1) is 17.0. The van der Waals surface area contributed by atoms with Crippen molar-refractivity contribution in [2.75, 3.05) is 13.2 Å². The number of amides is 1. The first-order valence-corrected chi connectivity index (χ1v) is 14.4. The molecule has 5 nitrogen and oxygen atoms in total. The van der Waals surface area contributed by atoms with Crippen LogP contribution in [0.1, 0.15) is 105 Å². The number of nitrogens with one attached hydrogen (secondary N) is 1. The highest BCUT2D eigenvalue weighted by molar-refractivity contribution is 5.67. The summed E-state index contributed by atoms with van der Waals surface area (Å²) in [5, 5.41) is 21.7.